The quantitative estimate of drug-likeness (QED) is 0.885. The molecule has 2 amide bonds. The van der Waals surface area contributed by atoms with Crippen molar-refractivity contribution in [2.24, 2.45) is 0 Å². The fraction of sp³-hybridized carbons (Fsp3) is 0.429. The molecule has 1 aromatic rings. The van der Waals surface area contributed by atoms with E-state index in [2.05, 4.69) is 0 Å². The molecule has 0 spiro atoms. The summed E-state index contributed by atoms with van der Waals surface area (Å²) in [6.07, 6.45) is 0. The van der Waals surface area contributed by atoms with Crippen molar-refractivity contribution in [2.45, 2.75) is 26.4 Å². The lowest BCUT2D eigenvalue weighted by atomic mass is 10.2. The van der Waals surface area contributed by atoms with Crippen LogP contribution in [0.15, 0.2) is 30.3 Å². The number of carbonyl (C=O) groups is 2. The summed E-state index contributed by atoms with van der Waals surface area (Å²) < 4.78 is 0. The highest BCUT2D eigenvalue weighted by molar-refractivity contribution is 5.82. The molecule has 0 aliphatic carbocycles. The first kappa shape index (κ1) is 15.0. The van der Waals surface area contributed by atoms with E-state index >= 15 is 0 Å². The van der Waals surface area contributed by atoms with Crippen LogP contribution in [-0.2, 0) is 11.3 Å². The SMILES string of the molecule is CCN(Cc1ccccc1)C(=O)N(C)C(C)C(=O)O. The highest BCUT2D eigenvalue weighted by Gasteiger charge is 2.25. The minimum absolute atomic E-state index is 0.277. The van der Waals surface area contributed by atoms with Crippen LogP contribution in [0.2, 0.25) is 0 Å². The van der Waals surface area contributed by atoms with Gasteiger partial charge in [0.15, 0.2) is 0 Å². The number of hydrogen-bond donors (Lipinski definition) is 1. The van der Waals surface area contributed by atoms with Gasteiger partial charge in [0.1, 0.15) is 6.04 Å². The van der Waals surface area contributed by atoms with Crippen molar-refractivity contribution in [3.05, 3.63) is 35.9 Å². The second kappa shape index (κ2) is 6.78. The third-order valence-corrected chi connectivity index (χ3v) is 3.11. The predicted octanol–water partition coefficient (Wildman–Crippen LogP) is 2.03. The van der Waals surface area contributed by atoms with Crippen molar-refractivity contribution in [1.29, 1.82) is 0 Å². The molecule has 5 nitrogen and oxygen atoms in total. The predicted molar refractivity (Wildman–Crippen MR) is 72.8 cm³/mol. The van der Waals surface area contributed by atoms with E-state index in [9.17, 15) is 9.59 Å². The number of carboxylic acid groups (broad SMARTS) is 1. The first-order valence-electron chi connectivity index (χ1n) is 6.25. The van der Waals surface area contributed by atoms with Crippen molar-refractivity contribution in [3.8, 4) is 0 Å². The van der Waals surface area contributed by atoms with Crippen LogP contribution in [0.3, 0.4) is 0 Å². The molecule has 5 heteroatoms. The van der Waals surface area contributed by atoms with Gasteiger partial charge in [0.05, 0.1) is 0 Å². The Bertz CT molecular complexity index is 434. The van der Waals surface area contributed by atoms with Crippen LogP contribution in [0.4, 0.5) is 4.79 Å². The van der Waals surface area contributed by atoms with E-state index in [4.69, 9.17) is 5.11 Å². The van der Waals surface area contributed by atoms with Crippen molar-refractivity contribution < 1.29 is 14.7 Å². The summed E-state index contributed by atoms with van der Waals surface area (Å²) in [5.74, 6) is -1.01. The van der Waals surface area contributed by atoms with Gasteiger partial charge in [-0.15, -0.1) is 0 Å². The topological polar surface area (TPSA) is 60.9 Å². The van der Waals surface area contributed by atoms with Gasteiger partial charge >= 0.3 is 12.0 Å². The normalized spacial score (nSPS) is 11.7. The van der Waals surface area contributed by atoms with Crippen LogP contribution < -0.4 is 0 Å². The molecule has 1 unspecified atom stereocenters. The zero-order chi connectivity index (χ0) is 14.4. The van der Waals surface area contributed by atoms with Crippen LogP contribution >= 0.6 is 0 Å². The second-order valence-electron chi connectivity index (χ2n) is 4.41. The molecule has 1 atom stereocenters. The third kappa shape index (κ3) is 3.98. The lowest BCUT2D eigenvalue weighted by molar-refractivity contribution is -0.141. The lowest BCUT2D eigenvalue weighted by Gasteiger charge is -2.29. The fourth-order valence-corrected chi connectivity index (χ4v) is 1.67. The highest BCUT2D eigenvalue weighted by atomic mass is 16.4. The number of carboxylic acids is 1. The number of likely N-dealkylation sites (N-methyl/N-ethyl adjacent to an activating group) is 1. The molecule has 0 saturated heterocycles. The molecule has 104 valence electrons. The monoisotopic (exact) mass is 264 g/mol. The third-order valence-electron chi connectivity index (χ3n) is 3.11. The minimum atomic E-state index is -1.01. The van der Waals surface area contributed by atoms with Gasteiger partial charge in [0.2, 0.25) is 0 Å². The largest absolute Gasteiger partial charge is 0.480 e. The molecule has 1 N–H and O–H groups in total. The zero-order valence-corrected chi connectivity index (χ0v) is 11.5. The fourth-order valence-electron chi connectivity index (χ4n) is 1.67. The molecule has 1 rings (SSSR count). The summed E-state index contributed by atoms with van der Waals surface area (Å²) in [5.41, 5.74) is 1.02. The van der Waals surface area contributed by atoms with Gasteiger partial charge in [0, 0.05) is 20.1 Å². The summed E-state index contributed by atoms with van der Waals surface area (Å²) in [6, 6.07) is 8.51. The van der Waals surface area contributed by atoms with Crippen LogP contribution in [0.1, 0.15) is 19.4 Å². The van der Waals surface area contributed by atoms with Gasteiger partial charge in [-0.3, -0.25) is 0 Å². The molecule has 0 aromatic heterocycles. The van der Waals surface area contributed by atoms with Crippen LogP contribution in [0.5, 0.6) is 0 Å². The molecule has 19 heavy (non-hydrogen) atoms. The van der Waals surface area contributed by atoms with Crippen molar-refractivity contribution in [2.75, 3.05) is 13.6 Å². The standard InChI is InChI=1S/C14H20N2O3/c1-4-16(10-12-8-6-5-7-9-12)14(19)15(3)11(2)13(17)18/h5-9,11H,4,10H2,1-3H3,(H,17,18). The van der Waals surface area contributed by atoms with E-state index in [0.717, 1.165) is 5.56 Å². The number of aliphatic carboxylic acids is 1. The minimum Gasteiger partial charge on any atom is -0.480 e. The molecule has 0 aliphatic heterocycles. The first-order valence-corrected chi connectivity index (χ1v) is 6.25. The number of rotatable bonds is 5. The van der Waals surface area contributed by atoms with Crippen molar-refractivity contribution in [1.82, 2.24) is 9.80 Å². The van der Waals surface area contributed by atoms with Gasteiger partial charge in [0.25, 0.3) is 0 Å². The highest BCUT2D eigenvalue weighted by Crippen LogP contribution is 2.08. The molecule has 0 saturated carbocycles. The molecular weight excluding hydrogens is 244 g/mol. The summed E-state index contributed by atoms with van der Waals surface area (Å²) in [5, 5.41) is 8.93. The van der Waals surface area contributed by atoms with E-state index in [0.29, 0.717) is 13.1 Å². The van der Waals surface area contributed by atoms with Gasteiger partial charge in [-0.2, -0.15) is 0 Å². The smallest absolute Gasteiger partial charge is 0.326 e. The van der Waals surface area contributed by atoms with Crippen molar-refractivity contribution in [3.63, 3.8) is 0 Å². The van der Waals surface area contributed by atoms with E-state index < -0.39 is 12.0 Å². The molecule has 0 radical (unpaired) electrons. The zero-order valence-electron chi connectivity index (χ0n) is 11.5. The Labute approximate surface area is 113 Å². The summed E-state index contributed by atoms with van der Waals surface area (Å²) >= 11 is 0. The van der Waals surface area contributed by atoms with Crippen LogP contribution in [0, 0.1) is 0 Å². The number of hydrogen-bond acceptors (Lipinski definition) is 2. The summed E-state index contributed by atoms with van der Waals surface area (Å²) in [7, 11) is 1.51. The van der Waals surface area contributed by atoms with Crippen LogP contribution in [-0.4, -0.2) is 46.5 Å². The average Bonchev–Trinajstić information content (AvgIpc) is 2.43. The van der Waals surface area contributed by atoms with E-state index in [1.165, 1.54) is 18.9 Å². The van der Waals surface area contributed by atoms with Gasteiger partial charge < -0.3 is 14.9 Å². The number of amides is 2. The Hall–Kier alpha value is -2.04. The van der Waals surface area contributed by atoms with Crippen molar-refractivity contribution >= 4 is 12.0 Å². The Morgan fingerprint density at radius 1 is 1.26 bits per heavy atom. The average molecular weight is 264 g/mol. The Morgan fingerprint density at radius 3 is 2.32 bits per heavy atom. The van der Waals surface area contributed by atoms with Gasteiger partial charge in [-0.05, 0) is 19.4 Å². The van der Waals surface area contributed by atoms with Gasteiger partial charge in [-0.1, -0.05) is 30.3 Å². The summed E-state index contributed by atoms with van der Waals surface area (Å²) in [6.45, 7) is 4.38. The maximum atomic E-state index is 12.2. The lowest BCUT2D eigenvalue weighted by Crippen LogP contribution is -2.47. The van der Waals surface area contributed by atoms with E-state index in [1.54, 1.807) is 4.90 Å². The molecule has 0 heterocycles. The molecule has 0 fully saturated rings. The first-order chi connectivity index (χ1) is 8.97. The molecule has 0 aliphatic rings. The maximum absolute atomic E-state index is 12.2. The molecule has 1 aromatic carbocycles. The molecule has 0 bridgehead atoms. The number of carbonyl (C=O) groups excluding carboxylic acids is 1. The number of urea groups is 1. The van der Waals surface area contributed by atoms with Gasteiger partial charge in [-0.25, -0.2) is 9.59 Å². The Morgan fingerprint density at radius 2 is 1.84 bits per heavy atom. The second-order valence-corrected chi connectivity index (χ2v) is 4.41. The van der Waals surface area contributed by atoms with Crippen LogP contribution in [0.25, 0.3) is 0 Å². The molecular formula is C14H20N2O3. The number of nitrogens with zero attached hydrogens (tertiary/aromatic N) is 2. The van der Waals surface area contributed by atoms with E-state index in [-0.39, 0.29) is 6.03 Å². The number of benzene rings is 1. The maximum Gasteiger partial charge on any atom is 0.326 e. The summed E-state index contributed by atoms with van der Waals surface area (Å²) in [4.78, 5) is 26.0. The van der Waals surface area contributed by atoms with E-state index in [1.807, 2.05) is 37.3 Å². The Balaban J connectivity index is 2.74. The Kier molecular flexibility index (Phi) is 5.36.